The summed E-state index contributed by atoms with van der Waals surface area (Å²) in [5.74, 6) is 0. The fourth-order valence-electron chi connectivity index (χ4n) is 1.79. The van der Waals surface area contributed by atoms with Gasteiger partial charge in [0.2, 0.25) is 0 Å². The number of aromatic nitrogens is 1. The minimum absolute atomic E-state index is 0.494. The van der Waals surface area contributed by atoms with E-state index >= 15 is 0 Å². The van der Waals surface area contributed by atoms with Crippen molar-refractivity contribution in [3.63, 3.8) is 0 Å². The first-order chi connectivity index (χ1) is 7.83. The van der Waals surface area contributed by atoms with Crippen molar-refractivity contribution in [2.24, 2.45) is 0 Å². The summed E-state index contributed by atoms with van der Waals surface area (Å²) >= 11 is 0. The van der Waals surface area contributed by atoms with Crippen LogP contribution in [0.25, 0.3) is 10.9 Å². The van der Waals surface area contributed by atoms with E-state index in [1.54, 1.807) is 6.07 Å². The standard InChI is InChI=1S/C14H15NO/c1-2-3-4-11-5-8-14-12(9-11)6-7-13(10-16)15-14/h5-10H,2-4H2,1H3. The number of carbonyl (C=O) groups excluding carboxylic acids is 1. The predicted molar refractivity (Wildman–Crippen MR) is 65.7 cm³/mol. The second-order valence-electron chi connectivity index (χ2n) is 3.98. The van der Waals surface area contributed by atoms with Gasteiger partial charge >= 0.3 is 0 Å². The van der Waals surface area contributed by atoms with Crippen molar-refractivity contribution in [2.45, 2.75) is 26.2 Å². The van der Waals surface area contributed by atoms with E-state index in [1.165, 1.54) is 18.4 Å². The van der Waals surface area contributed by atoms with Gasteiger partial charge in [-0.25, -0.2) is 4.98 Å². The van der Waals surface area contributed by atoms with Gasteiger partial charge in [0.1, 0.15) is 5.69 Å². The second kappa shape index (κ2) is 4.88. The van der Waals surface area contributed by atoms with Crippen LogP contribution < -0.4 is 0 Å². The molecular formula is C14H15NO. The van der Waals surface area contributed by atoms with Gasteiger partial charge in [0.25, 0.3) is 0 Å². The summed E-state index contributed by atoms with van der Waals surface area (Å²) < 4.78 is 0. The van der Waals surface area contributed by atoms with Crippen molar-refractivity contribution in [1.82, 2.24) is 4.98 Å². The fourth-order valence-corrected chi connectivity index (χ4v) is 1.79. The van der Waals surface area contributed by atoms with Crippen LogP contribution in [-0.4, -0.2) is 11.3 Å². The van der Waals surface area contributed by atoms with Crippen LogP contribution in [0.4, 0.5) is 0 Å². The van der Waals surface area contributed by atoms with Crippen LogP contribution in [0, 0.1) is 0 Å². The zero-order valence-electron chi connectivity index (χ0n) is 9.44. The number of nitrogens with zero attached hydrogens (tertiary/aromatic N) is 1. The zero-order valence-corrected chi connectivity index (χ0v) is 9.44. The normalized spacial score (nSPS) is 10.6. The van der Waals surface area contributed by atoms with Crippen LogP contribution in [0.3, 0.4) is 0 Å². The lowest BCUT2D eigenvalue weighted by molar-refractivity contribution is 0.111. The van der Waals surface area contributed by atoms with Crippen LogP contribution >= 0.6 is 0 Å². The third-order valence-corrected chi connectivity index (χ3v) is 2.71. The van der Waals surface area contributed by atoms with Gasteiger partial charge in [-0.15, -0.1) is 0 Å². The maximum atomic E-state index is 10.6. The van der Waals surface area contributed by atoms with Gasteiger partial charge in [0.05, 0.1) is 5.52 Å². The Kier molecular flexibility index (Phi) is 3.30. The largest absolute Gasteiger partial charge is 0.296 e. The Hall–Kier alpha value is -1.70. The highest BCUT2D eigenvalue weighted by Crippen LogP contribution is 2.16. The van der Waals surface area contributed by atoms with E-state index in [0.717, 1.165) is 23.6 Å². The zero-order chi connectivity index (χ0) is 11.4. The summed E-state index contributed by atoms with van der Waals surface area (Å²) in [7, 11) is 0. The maximum absolute atomic E-state index is 10.6. The Labute approximate surface area is 95.3 Å². The molecule has 1 heterocycles. The smallest absolute Gasteiger partial charge is 0.168 e. The first-order valence-corrected chi connectivity index (χ1v) is 5.68. The molecule has 1 aromatic heterocycles. The van der Waals surface area contributed by atoms with E-state index < -0.39 is 0 Å². The van der Waals surface area contributed by atoms with Crippen molar-refractivity contribution in [1.29, 1.82) is 0 Å². The van der Waals surface area contributed by atoms with E-state index in [2.05, 4.69) is 24.0 Å². The van der Waals surface area contributed by atoms with E-state index in [9.17, 15) is 4.79 Å². The van der Waals surface area contributed by atoms with E-state index in [4.69, 9.17) is 0 Å². The first-order valence-electron chi connectivity index (χ1n) is 5.68. The number of aryl methyl sites for hydroxylation is 1. The monoisotopic (exact) mass is 213 g/mol. The molecule has 0 N–H and O–H groups in total. The molecule has 0 unspecified atom stereocenters. The van der Waals surface area contributed by atoms with E-state index in [-0.39, 0.29) is 0 Å². The predicted octanol–water partition coefficient (Wildman–Crippen LogP) is 3.39. The highest BCUT2D eigenvalue weighted by molar-refractivity contribution is 5.83. The molecule has 0 radical (unpaired) electrons. The molecule has 0 bridgehead atoms. The average Bonchev–Trinajstić information content (AvgIpc) is 2.35. The van der Waals surface area contributed by atoms with Gasteiger partial charge in [-0.1, -0.05) is 25.5 Å². The summed E-state index contributed by atoms with van der Waals surface area (Å²) in [5.41, 5.74) is 2.73. The second-order valence-corrected chi connectivity index (χ2v) is 3.98. The molecule has 0 saturated carbocycles. The molecule has 0 aliphatic heterocycles. The lowest BCUT2D eigenvalue weighted by atomic mass is 10.1. The van der Waals surface area contributed by atoms with Crippen LogP contribution in [0.15, 0.2) is 30.3 Å². The molecule has 82 valence electrons. The molecule has 0 fully saturated rings. The number of pyridine rings is 1. The van der Waals surface area contributed by atoms with Gasteiger partial charge < -0.3 is 0 Å². The van der Waals surface area contributed by atoms with Gasteiger partial charge in [0.15, 0.2) is 6.29 Å². The average molecular weight is 213 g/mol. The summed E-state index contributed by atoms with van der Waals surface area (Å²) in [5, 5.41) is 1.11. The minimum atomic E-state index is 0.494. The van der Waals surface area contributed by atoms with Gasteiger partial charge in [0, 0.05) is 5.39 Å². The van der Waals surface area contributed by atoms with Crippen LogP contribution in [0.5, 0.6) is 0 Å². The summed E-state index contributed by atoms with van der Waals surface area (Å²) in [4.78, 5) is 14.8. The highest BCUT2D eigenvalue weighted by atomic mass is 16.1. The van der Waals surface area contributed by atoms with Crippen LogP contribution in [0.1, 0.15) is 35.8 Å². The van der Waals surface area contributed by atoms with E-state index in [1.807, 2.05) is 12.1 Å². The lowest BCUT2D eigenvalue weighted by Crippen LogP contribution is -1.89. The Morgan fingerprint density at radius 3 is 2.88 bits per heavy atom. The number of unbranched alkanes of at least 4 members (excludes halogenated alkanes) is 1. The Morgan fingerprint density at radius 1 is 1.25 bits per heavy atom. The van der Waals surface area contributed by atoms with Gasteiger partial charge in [-0.2, -0.15) is 0 Å². The van der Waals surface area contributed by atoms with Crippen molar-refractivity contribution in [3.8, 4) is 0 Å². The molecule has 0 aliphatic carbocycles. The Balaban J connectivity index is 2.35. The summed E-state index contributed by atoms with van der Waals surface area (Å²) in [6, 6.07) is 9.97. The van der Waals surface area contributed by atoms with Crippen molar-refractivity contribution >= 4 is 17.2 Å². The molecule has 0 spiro atoms. The molecule has 2 heteroatoms. The Bertz CT molecular complexity index is 505. The number of benzene rings is 1. The summed E-state index contributed by atoms with van der Waals surface area (Å²) in [6.07, 6.45) is 4.32. The minimum Gasteiger partial charge on any atom is -0.296 e. The molecule has 0 atom stereocenters. The number of fused-ring (bicyclic) bond motifs is 1. The number of hydrogen-bond donors (Lipinski definition) is 0. The molecule has 0 aliphatic rings. The summed E-state index contributed by atoms with van der Waals surface area (Å²) in [6.45, 7) is 2.19. The lowest BCUT2D eigenvalue weighted by Gasteiger charge is -2.02. The highest BCUT2D eigenvalue weighted by Gasteiger charge is 1.99. The van der Waals surface area contributed by atoms with Crippen molar-refractivity contribution in [3.05, 3.63) is 41.6 Å². The molecule has 1 aromatic carbocycles. The first kappa shape index (κ1) is 10.8. The number of hydrogen-bond acceptors (Lipinski definition) is 2. The molecular weight excluding hydrogens is 198 g/mol. The van der Waals surface area contributed by atoms with Crippen LogP contribution in [0.2, 0.25) is 0 Å². The number of rotatable bonds is 4. The topological polar surface area (TPSA) is 30.0 Å². The fraction of sp³-hybridized carbons (Fsp3) is 0.286. The SMILES string of the molecule is CCCCc1ccc2nc(C=O)ccc2c1. The molecule has 16 heavy (non-hydrogen) atoms. The number of aldehydes is 1. The Morgan fingerprint density at radius 2 is 2.12 bits per heavy atom. The molecule has 0 saturated heterocycles. The quantitative estimate of drug-likeness (QED) is 0.729. The maximum Gasteiger partial charge on any atom is 0.168 e. The van der Waals surface area contributed by atoms with Crippen LogP contribution in [-0.2, 0) is 6.42 Å². The van der Waals surface area contributed by atoms with Crippen molar-refractivity contribution < 1.29 is 4.79 Å². The molecule has 2 aromatic rings. The third-order valence-electron chi connectivity index (χ3n) is 2.71. The molecule has 2 nitrogen and oxygen atoms in total. The third kappa shape index (κ3) is 2.27. The molecule has 2 rings (SSSR count). The van der Waals surface area contributed by atoms with E-state index in [0.29, 0.717) is 5.69 Å². The van der Waals surface area contributed by atoms with Crippen molar-refractivity contribution in [2.75, 3.05) is 0 Å². The van der Waals surface area contributed by atoms with Gasteiger partial charge in [-0.05, 0) is 36.6 Å². The number of carbonyl (C=O) groups is 1. The molecule has 0 amide bonds. The van der Waals surface area contributed by atoms with Gasteiger partial charge in [-0.3, -0.25) is 4.79 Å².